The summed E-state index contributed by atoms with van der Waals surface area (Å²) in [5.74, 6) is 1.17. The van der Waals surface area contributed by atoms with Crippen LogP contribution >= 0.6 is 11.8 Å². The number of likely N-dealkylation sites (N-methyl/N-ethyl adjacent to an activating group) is 1. The highest BCUT2D eigenvalue weighted by Crippen LogP contribution is 2.21. The van der Waals surface area contributed by atoms with Crippen LogP contribution in [0.5, 0.6) is 5.75 Å². The lowest BCUT2D eigenvalue weighted by Gasteiger charge is -2.28. The summed E-state index contributed by atoms with van der Waals surface area (Å²) in [4.78, 5) is 27.8. The maximum Gasteiger partial charge on any atom is 0.242 e. The summed E-state index contributed by atoms with van der Waals surface area (Å²) in [6, 6.07) is 15.3. The number of methoxy groups -OCH3 is 1. The molecule has 1 N–H and O–H groups in total. The topological polar surface area (TPSA) is 58.6 Å². The Kier molecular flexibility index (Phi) is 8.39. The van der Waals surface area contributed by atoms with Gasteiger partial charge in [-0.05, 0) is 43.7 Å². The second kappa shape index (κ2) is 10.8. The minimum absolute atomic E-state index is 0.0430. The van der Waals surface area contributed by atoms with Crippen LogP contribution in [0.25, 0.3) is 0 Å². The standard InChI is InChI=1S/C22H28N2O3S/c1-16-8-10-20(11-9-16)28-13-12-21(25)24(17(2)22(26)23-3)15-18-6-5-7-19(14-18)27-4/h5-11,14,17H,12-13,15H2,1-4H3,(H,23,26). The molecule has 0 saturated heterocycles. The number of carbonyl (C=O) groups is 2. The number of aryl methyl sites for hydroxylation is 1. The lowest BCUT2D eigenvalue weighted by Crippen LogP contribution is -2.46. The summed E-state index contributed by atoms with van der Waals surface area (Å²) in [5, 5.41) is 2.63. The van der Waals surface area contributed by atoms with Crippen molar-refractivity contribution in [2.45, 2.75) is 37.8 Å². The van der Waals surface area contributed by atoms with E-state index in [1.165, 1.54) is 5.56 Å². The lowest BCUT2D eigenvalue weighted by atomic mass is 10.1. The van der Waals surface area contributed by atoms with Crippen molar-refractivity contribution in [1.29, 1.82) is 0 Å². The lowest BCUT2D eigenvalue weighted by molar-refractivity contribution is -0.140. The molecular weight excluding hydrogens is 372 g/mol. The second-order valence-corrected chi connectivity index (χ2v) is 7.74. The molecule has 0 fully saturated rings. The number of benzene rings is 2. The van der Waals surface area contributed by atoms with Gasteiger partial charge in [0.2, 0.25) is 11.8 Å². The summed E-state index contributed by atoms with van der Waals surface area (Å²) < 4.78 is 5.26. The Morgan fingerprint density at radius 3 is 2.54 bits per heavy atom. The van der Waals surface area contributed by atoms with E-state index in [4.69, 9.17) is 4.74 Å². The number of ether oxygens (including phenoxy) is 1. The summed E-state index contributed by atoms with van der Waals surface area (Å²) in [6.45, 7) is 4.17. The molecule has 28 heavy (non-hydrogen) atoms. The Labute approximate surface area is 171 Å². The van der Waals surface area contributed by atoms with Crippen molar-refractivity contribution in [3.8, 4) is 5.75 Å². The van der Waals surface area contributed by atoms with E-state index in [0.29, 0.717) is 18.7 Å². The number of nitrogens with one attached hydrogen (secondary N) is 1. The third kappa shape index (κ3) is 6.30. The van der Waals surface area contributed by atoms with Crippen molar-refractivity contribution in [2.24, 2.45) is 0 Å². The fourth-order valence-corrected chi connectivity index (χ4v) is 3.63. The van der Waals surface area contributed by atoms with E-state index in [1.54, 1.807) is 37.7 Å². The van der Waals surface area contributed by atoms with Gasteiger partial charge in [0, 0.05) is 30.7 Å². The van der Waals surface area contributed by atoms with Gasteiger partial charge in [-0.3, -0.25) is 9.59 Å². The number of rotatable bonds is 9. The number of carbonyl (C=O) groups excluding carboxylic acids is 2. The molecule has 6 heteroatoms. The zero-order valence-electron chi connectivity index (χ0n) is 16.9. The second-order valence-electron chi connectivity index (χ2n) is 6.57. The maximum atomic E-state index is 12.9. The molecule has 2 rings (SSSR count). The first-order valence-electron chi connectivity index (χ1n) is 9.28. The molecule has 1 atom stereocenters. The first-order chi connectivity index (χ1) is 13.4. The van der Waals surface area contributed by atoms with Crippen molar-refractivity contribution in [3.63, 3.8) is 0 Å². The highest BCUT2D eigenvalue weighted by molar-refractivity contribution is 7.99. The monoisotopic (exact) mass is 400 g/mol. The van der Waals surface area contributed by atoms with Crippen LogP contribution in [0.1, 0.15) is 24.5 Å². The molecule has 0 aromatic heterocycles. The van der Waals surface area contributed by atoms with E-state index in [1.807, 2.05) is 24.3 Å². The van der Waals surface area contributed by atoms with Crippen molar-refractivity contribution in [3.05, 3.63) is 59.7 Å². The molecule has 0 aliphatic heterocycles. The van der Waals surface area contributed by atoms with E-state index in [-0.39, 0.29) is 11.8 Å². The van der Waals surface area contributed by atoms with Gasteiger partial charge < -0.3 is 15.0 Å². The van der Waals surface area contributed by atoms with Gasteiger partial charge in [0.1, 0.15) is 11.8 Å². The van der Waals surface area contributed by atoms with Gasteiger partial charge in [0.05, 0.1) is 7.11 Å². The van der Waals surface area contributed by atoms with Crippen LogP contribution in [0.15, 0.2) is 53.4 Å². The molecule has 150 valence electrons. The first-order valence-corrected chi connectivity index (χ1v) is 10.3. The van der Waals surface area contributed by atoms with Crippen molar-refractivity contribution in [1.82, 2.24) is 10.2 Å². The summed E-state index contributed by atoms with van der Waals surface area (Å²) >= 11 is 1.65. The molecule has 1 unspecified atom stereocenters. The van der Waals surface area contributed by atoms with E-state index in [0.717, 1.165) is 16.2 Å². The minimum Gasteiger partial charge on any atom is -0.497 e. The average Bonchev–Trinajstić information content (AvgIpc) is 2.72. The van der Waals surface area contributed by atoms with E-state index in [9.17, 15) is 9.59 Å². The molecule has 0 spiro atoms. The van der Waals surface area contributed by atoms with Crippen molar-refractivity contribution >= 4 is 23.6 Å². The molecule has 0 saturated carbocycles. The third-order valence-electron chi connectivity index (χ3n) is 4.51. The first kappa shape index (κ1) is 21.8. The van der Waals surface area contributed by atoms with Crippen LogP contribution in [-0.4, -0.2) is 42.7 Å². The quantitative estimate of drug-likeness (QED) is 0.653. The van der Waals surface area contributed by atoms with Gasteiger partial charge in [0.25, 0.3) is 0 Å². The number of hydrogen-bond acceptors (Lipinski definition) is 4. The normalized spacial score (nSPS) is 11.6. The number of thioether (sulfide) groups is 1. The average molecular weight is 401 g/mol. The van der Waals surface area contributed by atoms with Gasteiger partial charge in [0.15, 0.2) is 0 Å². The van der Waals surface area contributed by atoms with Gasteiger partial charge in [-0.15, -0.1) is 11.8 Å². The molecule has 0 bridgehead atoms. The largest absolute Gasteiger partial charge is 0.497 e. The van der Waals surface area contributed by atoms with Crippen LogP contribution in [-0.2, 0) is 16.1 Å². The van der Waals surface area contributed by atoms with Gasteiger partial charge in [-0.25, -0.2) is 0 Å². The molecule has 2 aromatic rings. The Hall–Kier alpha value is -2.47. The Balaban J connectivity index is 2.05. The highest BCUT2D eigenvalue weighted by Gasteiger charge is 2.25. The Morgan fingerprint density at radius 2 is 1.89 bits per heavy atom. The van der Waals surface area contributed by atoms with Crippen molar-refractivity contribution in [2.75, 3.05) is 19.9 Å². The zero-order valence-corrected chi connectivity index (χ0v) is 17.7. The molecule has 0 radical (unpaired) electrons. The summed E-state index contributed by atoms with van der Waals surface area (Å²) in [5.41, 5.74) is 2.14. The molecule has 2 aromatic carbocycles. The predicted octanol–water partition coefficient (Wildman–Crippen LogP) is 3.65. The van der Waals surface area contributed by atoms with E-state index >= 15 is 0 Å². The van der Waals surface area contributed by atoms with Gasteiger partial charge in [-0.1, -0.05) is 29.8 Å². The molecule has 0 heterocycles. The van der Waals surface area contributed by atoms with Crippen LogP contribution in [0, 0.1) is 6.92 Å². The van der Waals surface area contributed by atoms with Crippen LogP contribution in [0.2, 0.25) is 0 Å². The fraction of sp³-hybridized carbons (Fsp3) is 0.364. The maximum absolute atomic E-state index is 12.9. The molecule has 2 amide bonds. The van der Waals surface area contributed by atoms with Crippen molar-refractivity contribution < 1.29 is 14.3 Å². The van der Waals surface area contributed by atoms with Crippen LogP contribution in [0.4, 0.5) is 0 Å². The number of amides is 2. The van der Waals surface area contributed by atoms with E-state index in [2.05, 4.69) is 36.5 Å². The summed E-state index contributed by atoms with van der Waals surface area (Å²) in [6.07, 6.45) is 0.365. The van der Waals surface area contributed by atoms with Gasteiger partial charge >= 0.3 is 0 Å². The minimum atomic E-state index is -0.548. The fourth-order valence-electron chi connectivity index (χ4n) is 2.79. The Bertz CT molecular complexity index is 793. The van der Waals surface area contributed by atoms with Crippen LogP contribution < -0.4 is 10.1 Å². The predicted molar refractivity (Wildman–Crippen MR) is 114 cm³/mol. The molecule has 0 aliphatic carbocycles. The van der Waals surface area contributed by atoms with Gasteiger partial charge in [-0.2, -0.15) is 0 Å². The molecule has 0 aliphatic rings. The Morgan fingerprint density at radius 1 is 1.18 bits per heavy atom. The molecular formula is C22H28N2O3S. The third-order valence-corrected chi connectivity index (χ3v) is 5.52. The zero-order chi connectivity index (χ0) is 20.5. The van der Waals surface area contributed by atoms with E-state index < -0.39 is 6.04 Å². The highest BCUT2D eigenvalue weighted by atomic mass is 32.2. The number of hydrogen-bond donors (Lipinski definition) is 1. The smallest absolute Gasteiger partial charge is 0.242 e. The van der Waals surface area contributed by atoms with Crippen LogP contribution in [0.3, 0.4) is 0 Å². The summed E-state index contributed by atoms with van der Waals surface area (Å²) in [7, 11) is 3.19. The molecule has 5 nitrogen and oxygen atoms in total. The SMILES string of the molecule is CNC(=O)C(C)N(Cc1cccc(OC)c1)C(=O)CCSc1ccc(C)cc1. The number of nitrogens with zero attached hydrogens (tertiary/aromatic N) is 1.